The van der Waals surface area contributed by atoms with E-state index in [2.05, 4.69) is 0 Å². The minimum Gasteiger partial charge on any atom is -0.294 e. The summed E-state index contributed by atoms with van der Waals surface area (Å²) >= 11 is 13.7. The first-order valence-corrected chi connectivity index (χ1v) is 8.96. The first-order chi connectivity index (χ1) is 12.1. The Labute approximate surface area is 158 Å². The van der Waals surface area contributed by atoms with Gasteiger partial charge in [-0.15, -0.1) is 11.6 Å². The molecule has 0 fully saturated rings. The van der Waals surface area contributed by atoms with Crippen molar-refractivity contribution in [1.82, 2.24) is 0 Å². The molecular weight excluding hydrogens is 351 g/mol. The molecule has 3 rings (SSSR count). The zero-order valence-electron chi connectivity index (χ0n) is 13.9. The molecule has 0 saturated carbocycles. The third-order valence-electron chi connectivity index (χ3n) is 4.34. The molecule has 0 aromatic heterocycles. The highest BCUT2D eigenvalue weighted by Crippen LogP contribution is 2.45. The zero-order chi connectivity index (χ0) is 17.9. The van der Waals surface area contributed by atoms with E-state index in [0.717, 1.165) is 16.7 Å². The Bertz CT molecular complexity index is 872. The van der Waals surface area contributed by atoms with E-state index >= 15 is 0 Å². The summed E-state index contributed by atoms with van der Waals surface area (Å²) in [6.07, 6.45) is 0.481. The Kier molecular flexibility index (Phi) is 5.27. The first-order valence-electron chi connectivity index (χ1n) is 8.20. The van der Waals surface area contributed by atoms with Crippen LogP contribution < -0.4 is 0 Å². The lowest BCUT2D eigenvalue weighted by Gasteiger charge is -2.30. The fourth-order valence-corrected chi connectivity index (χ4v) is 3.72. The maximum absolute atomic E-state index is 11.9. The molecule has 3 aromatic carbocycles. The van der Waals surface area contributed by atoms with Crippen LogP contribution >= 0.6 is 23.2 Å². The van der Waals surface area contributed by atoms with Gasteiger partial charge in [0.05, 0.1) is 0 Å². The molecule has 0 heterocycles. The molecule has 0 aliphatic carbocycles. The van der Waals surface area contributed by atoms with Gasteiger partial charge in [0.1, 0.15) is 4.87 Å². The third kappa shape index (κ3) is 3.35. The van der Waals surface area contributed by atoms with Crippen LogP contribution in [-0.2, 0) is 4.87 Å². The van der Waals surface area contributed by atoms with Gasteiger partial charge in [0.2, 0.25) is 0 Å². The van der Waals surface area contributed by atoms with Gasteiger partial charge in [-0.2, -0.15) is 0 Å². The Balaban J connectivity index is 2.19. The van der Waals surface area contributed by atoms with Crippen LogP contribution in [0.5, 0.6) is 0 Å². The van der Waals surface area contributed by atoms with Crippen molar-refractivity contribution >= 4 is 29.0 Å². The lowest BCUT2D eigenvalue weighted by Crippen LogP contribution is -2.23. The van der Waals surface area contributed by atoms with E-state index in [-0.39, 0.29) is 5.78 Å². The van der Waals surface area contributed by atoms with Crippen molar-refractivity contribution in [2.45, 2.75) is 18.2 Å². The third-order valence-corrected chi connectivity index (χ3v) is 5.31. The average molecular weight is 369 g/mol. The van der Waals surface area contributed by atoms with Gasteiger partial charge >= 0.3 is 0 Å². The molecule has 0 radical (unpaired) electrons. The van der Waals surface area contributed by atoms with Gasteiger partial charge in [-0.1, -0.05) is 91.3 Å². The monoisotopic (exact) mass is 368 g/mol. The van der Waals surface area contributed by atoms with Gasteiger partial charge in [0.15, 0.2) is 5.78 Å². The van der Waals surface area contributed by atoms with E-state index in [1.165, 1.54) is 0 Å². The Morgan fingerprint density at radius 1 is 0.840 bits per heavy atom. The molecule has 25 heavy (non-hydrogen) atoms. The quantitative estimate of drug-likeness (QED) is 0.286. The Morgan fingerprint density at radius 2 is 1.40 bits per heavy atom. The highest BCUT2D eigenvalue weighted by Gasteiger charge is 2.35. The van der Waals surface area contributed by atoms with E-state index in [1.807, 2.05) is 85.8 Å². The van der Waals surface area contributed by atoms with E-state index in [1.54, 1.807) is 0 Å². The fraction of sp³-hybridized carbons (Fsp3) is 0.136. The SMILES string of the molecule is CCC(=O)c1ccc(C(Cl)(c2ccccc2)c2ccccc2Cl)cc1. The van der Waals surface area contributed by atoms with Crippen molar-refractivity contribution in [3.8, 4) is 0 Å². The van der Waals surface area contributed by atoms with Crippen LogP contribution in [-0.4, -0.2) is 5.78 Å². The summed E-state index contributed by atoms with van der Waals surface area (Å²) in [6.45, 7) is 1.86. The van der Waals surface area contributed by atoms with E-state index < -0.39 is 4.87 Å². The summed E-state index contributed by atoms with van der Waals surface area (Å²) in [5, 5.41) is 0.607. The Morgan fingerprint density at radius 3 is 2.00 bits per heavy atom. The van der Waals surface area contributed by atoms with Gasteiger partial charge in [-0.3, -0.25) is 4.79 Å². The van der Waals surface area contributed by atoms with Crippen molar-refractivity contribution in [1.29, 1.82) is 0 Å². The van der Waals surface area contributed by atoms with Crippen LogP contribution in [0.2, 0.25) is 5.02 Å². The van der Waals surface area contributed by atoms with E-state index in [0.29, 0.717) is 17.0 Å². The second kappa shape index (κ2) is 7.43. The number of alkyl halides is 1. The van der Waals surface area contributed by atoms with Crippen molar-refractivity contribution in [2.24, 2.45) is 0 Å². The fourth-order valence-electron chi connectivity index (χ4n) is 2.98. The molecule has 3 aromatic rings. The molecule has 1 atom stereocenters. The predicted molar refractivity (Wildman–Crippen MR) is 105 cm³/mol. The minimum absolute atomic E-state index is 0.115. The lowest BCUT2D eigenvalue weighted by atomic mass is 9.83. The second-order valence-corrected chi connectivity index (χ2v) is 6.83. The molecule has 0 spiro atoms. The summed E-state index contributed by atoms with van der Waals surface area (Å²) in [6, 6.07) is 24.9. The second-order valence-electron chi connectivity index (χ2n) is 5.86. The van der Waals surface area contributed by atoms with Crippen LogP contribution in [0.4, 0.5) is 0 Å². The molecule has 0 N–H and O–H groups in total. The zero-order valence-corrected chi connectivity index (χ0v) is 15.4. The highest BCUT2D eigenvalue weighted by atomic mass is 35.5. The molecule has 3 heteroatoms. The summed E-state index contributed by atoms with van der Waals surface area (Å²) < 4.78 is 0. The molecule has 0 bridgehead atoms. The number of ketones is 1. The molecule has 0 amide bonds. The number of hydrogen-bond acceptors (Lipinski definition) is 1. The summed E-state index contributed by atoms with van der Waals surface area (Å²) in [5.74, 6) is 0.115. The summed E-state index contributed by atoms with van der Waals surface area (Å²) in [4.78, 5) is 11.0. The molecule has 126 valence electrons. The van der Waals surface area contributed by atoms with Crippen molar-refractivity contribution in [2.75, 3.05) is 0 Å². The van der Waals surface area contributed by atoms with Crippen molar-refractivity contribution in [3.05, 3.63) is 106 Å². The van der Waals surface area contributed by atoms with Gasteiger partial charge in [-0.25, -0.2) is 0 Å². The van der Waals surface area contributed by atoms with E-state index in [4.69, 9.17) is 23.2 Å². The average Bonchev–Trinajstić information content (AvgIpc) is 2.68. The molecule has 0 aliphatic rings. The van der Waals surface area contributed by atoms with Crippen molar-refractivity contribution in [3.63, 3.8) is 0 Å². The lowest BCUT2D eigenvalue weighted by molar-refractivity contribution is 0.0988. The molecule has 0 saturated heterocycles. The first kappa shape index (κ1) is 17.7. The van der Waals surface area contributed by atoms with E-state index in [9.17, 15) is 4.79 Å². The summed E-state index contributed by atoms with van der Waals surface area (Å²) in [5.41, 5.74) is 3.32. The summed E-state index contributed by atoms with van der Waals surface area (Å²) in [7, 11) is 0. The van der Waals surface area contributed by atoms with Crippen LogP contribution in [0.3, 0.4) is 0 Å². The number of benzene rings is 3. The standard InChI is InChI=1S/C22H18Cl2O/c1-2-21(25)16-12-14-18(15-13-16)22(24,17-8-4-3-5-9-17)19-10-6-7-11-20(19)23/h3-15H,2H2,1H3. The number of rotatable bonds is 5. The molecular formula is C22H18Cl2O. The van der Waals surface area contributed by atoms with Gasteiger partial charge in [0.25, 0.3) is 0 Å². The predicted octanol–water partition coefficient (Wildman–Crippen LogP) is 6.46. The number of hydrogen-bond donors (Lipinski definition) is 0. The largest absolute Gasteiger partial charge is 0.294 e. The van der Waals surface area contributed by atoms with Crippen molar-refractivity contribution < 1.29 is 4.79 Å². The van der Waals surface area contributed by atoms with Crippen LogP contribution in [0.1, 0.15) is 40.4 Å². The molecule has 1 unspecified atom stereocenters. The Hall–Kier alpha value is -2.09. The topological polar surface area (TPSA) is 17.1 Å². The van der Waals surface area contributed by atoms with Crippen LogP contribution in [0.15, 0.2) is 78.9 Å². The molecule has 0 aliphatic heterocycles. The van der Waals surface area contributed by atoms with Gasteiger partial charge in [0, 0.05) is 22.6 Å². The normalized spacial score (nSPS) is 13.2. The smallest absolute Gasteiger partial charge is 0.162 e. The van der Waals surface area contributed by atoms with Crippen LogP contribution in [0.25, 0.3) is 0 Å². The number of halogens is 2. The number of carbonyl (C=O) groups is 1. The number of Topliss-reactive ketones (excluding diaryl/α,β-unsaturated/α-hetero) is 1. The number of carbonyl (C=O) groups excluding carboxylic acids is 1. The highest BCUT2D eigenvalue weighted by molar-refractivity contribution is 6.34. The maximum Gasteiger partial charge on any atom is 0.162 e. The van der Waals surface area contributed by atoms with Gasteiger partial charge in [-0.05, 0) is 17.2 Å². The van der Waals surface area contributed by atoms with Crippen LogP contribution in [0, 0.1) is 0 Å². The molecule has 1 nitrogen and oxygen atoms in total. The maximum atomic E-state index is 11.9. The minimum atomic E-state index is -0.923. The van der Waals surface area contributed by atoms with Gasteiger partial charge < -0.3 is 0 Å².